The second-order valence-electron chi connectivity index (χ2n) is 5.83. The second kappa shape index (κ2) is 7.58. The molecule has 2 aromatic carbocycles. The van der Waals surface area contributed by atoms with Gasteiger partial charge in [-0.05, 0) is 61.0 Å². The number of piperazine rings is 1. The first-order valence-electron chi connectivity index (χ1n) is 8.11. The third-order valence-corrected chi connectivity index (χ3v) is 4.50. The molecule has 0 saturated carbocycles. The van der Waals surface area contributed by atoms with Crippen LogP contribution in [0.1, 0.15) is 12.5 Å². The number of halogens is 1. The van der Waals surface area contributed by atoms with Crippen LogP contribution in [0.5, 0.6) is 5.75 Å². The molecule has 1 aliphatic heterocycles. The van der Waals surface area contributed by atoms with Crippen molar-refractivity contribution in [3.63, 3.8) is 0 Å². The van der Waals surface area contributed by atoms with Crippen molar-refractivity contribution in [1.82, 2.24) is 5.01 Å². The monoisotopic (exact) mass is 343 g/mol. The zero-order chi connectivity index (χ0) is 16.9. The zero-order valence-electron chi connectivity index (χ0n) is 14.1. The van der Waals surface area contributed by atoms with Crippen LogP contribution in [-0.2, 0) is 0 Å². The lowest BCUT2D eigenvalue weighted by molar-refractivity contribution is 0.270. The zero-order valence-corrected chi connectivity index (χ0v) is 14.8. The molecule has 4 nitrogen and oxygen atoms in total. The number of hydrazone groups is 1. The summed E-state index contributed by atoms with van der Waals surface area (Å²) in [7, 11) is 1.68. The molecule has 24 heavy (non-hydrogen) atoms. The second-order valence-corrected chi connectivity index (χ2v) is 6.27. The lowest BCUT2D eigenvalue weighted by Crippen LogP contribution is -2.44. The molecule has 1 fully saturated rings. The average molecular weight is 344 g/mol. The van der Waals surface area contributed by atoms with E-state index in [0.29, 0.717) is 0 Å². The number of rotatable bonds is 4. The summed E-state index contributed by atoms with van der Waals surface area (Å²) in [6.45, 7) is 5.79. The van der Waals surface area contributed by atoms with Gasteiger partial charge < -0.3 is 9.64 Å². The summed E-state index contributed by atoms with van der Waals surface area (Å²) in [5.74, 6) is 0.864. The maximum atomic E-state index is 5.96. The van der Waals surface area contributed by atoms with E-state index in [9.17, 15) is 0 Å². The van der Waals surface area contributed by atoms with Crippen LogP contribution in [-0.4, -0.2) is 44.0 Å². The van der Waals surface area contributed by atoms with E-state index in [0.717, 1.165) is 48.2 Å². The molecule has 0 N–H and O–H groups in total. The van der Waals surface area contributed by atoms with E-state index < -0.39 is 0 Å². The fourth-order valence-electron chi connectivity index (χ4n) is 2.81. The molecule has 0 unspecified atom stereocenters. The van der Waals surface area contributed by atoms with Gasteiger partial charge in [0.2, 0.25) is 0 Å². The third-order valence-electron chi connectivity index (χ3n) is 4.25. The fraction of sp³-hybridized carbons (Fsp3) is 0.316. The quantitative estimate of drug-likeness (QED) is 0.788. The van der Waals surface area contributed by atoms with Crippen LogP contribution in [0.4, 0.5) is 5.69 Å². The molecular formula is C19H22ClN3O. The van der Waals surface area contributed by atoms with Crippen molar-refractivity contribution >= 4 is 23.0 Å². The molecule has 0 radical (unpaired) electrons. The van der Waals surface area contributed by atoms with Crippen LogP contribution in [0.2, 0.25) is 5.02 Å². The van der Waals surface area contributed by atoms with E-state index in [1.54, 1.807) is 7.11 Å². The smallest absolute Gasteiger partial charge is 0.118 e. The third kappa shape index (κ3) is 4.01. The number of benzene rings is 2. The van der Waals surface area contributed by atoms with Crippen LogP contribution in [0.25, 0.3) is 0 Å². The molecule has 3 rings (SSSR count). The summed E-state index contributed by atoms with van der Waals surface area (Å²) in [6, 6.07) is 16.0. The van der Waals surface area contributed by atoms with Crippen molar-refractivity contribution in [2.45, 2.75) is 6.92 Å². The van der Waals surface area contributed by atoms with E-state index in [1.165, 1.54) is 5.69 Å². The summed E-state index contributed by atoms with van der Waals surface area (Å²) in [6.07, 6.45) is 0. The lowest BCUT2D eigenvalue weighted by atomic mass is 10.1. The first-order valence-corrected chi connectivity index (χ1v) is 8.48. The molecule has 0 spiro atoms. The highest BCUT2D eigenvalue weighted by Crippen LogP contribution is 2.20. The Morgan fingerprint density at radius 2 is 1.58 bits per heavy atom. The van der Waals surface area contributed by atoms with Gasteiger partial charge in [-0.15, -0.1) is 0 Å². The van der Waals surface area contributed by atoms with Crippen molar-refractivity contribution in [1.29, 1.82) is 0 Å². The molecule has 0 atom stereocenters. The van der Waals surface area contributed by atoms with E-state index in [-0.39, 0.29) is 0 Å². The van der Waals surface area contributed by atoms with Crippen molar-refractivity contribution in [2.24, 2.45) is 5.10 Å². The topological polar surface area (TPSA) is 28.1 Å². The lowest BCUT2D eigenvalue weighted by Gasteiger charge is -2.35. The molecule has 5 heteroatoms. The minimum Gasteiger partial charge on any atom is -0.497 e. The van der Waals surface area contributed by atoms with Gasteiger partial charge in [-0.2, -0.15) is 5.10 Å². The molecule has 0 amide bonds. The molecule has 126 valence electrons. The molecule has 2 aromatic rings. The minimum absolute atomic E-state index is 0.775. The Hall–Kier alpha value is -2.20. The Morgan fingerprint density at radius 1 is 0.958 bits per heavy atom. The highest BCUT2D eigenvalue weighted by molar-refractivity contribution is 6.30. The molecule has 1 saturated heterocycles. The van der Waals surface area contributed by atoms with Crippen LogP contribution in [0.3, 0.4) is 0 Å². The predicted molar refractivity (Wildman–Crippen MR) is 100 cm³/mol. The highest BCUT2D eigenvalue weighted by Gasteiger charge is 2.16. The molecule has 1 heterocycles. The maximum Gasteiger partial charge on any atom is 0.118 e. The van der Waals surface area contributed by atoms with E-state index >= 15 is 0 Å². The van der Waals surface area contributed by atoms with Crippen molar-refractivity contribution in [3.8, 4) is 5.75 Å². The average Bonchev–Trinajstić information content (AvgIpc) is 2.63. The Balaban J connectivity index is 1.60. The fourth-order valence-corrected chi connectivity index (χ4v) is 2.93. The van der Waals surface area contributed by atoms with Gasteiger partial charge in [-0.25, -0.2) is 0 Å². The molecule has 0 aliphatic carbocycles. The maximum absolute atomic E-state index is 5.96. The van der Waals surface area contributed by atoms with Crippen LogP contribution >= 0.6 is 11.6 Å². The van der Waals surface area contributed by atoms with Gasteiger partial charge in [-0.3, -0.25) is 5.01 Å². The van der Waals surface area contributed by atoms with Gasteiger partial charge in [0, 0.05) is 23.8 Å². The van der Waals surface area contributed by atoms with Crippen molar-refractivity contribution in [3.05, 3.63) is 59.1 Å². The van der Waals surface area contributed by atoms with Gasteiger partial charge in [-0.1, -0.05) is 11.6 Å². The number of hydrogen-bond acceptors (Lipinski definition) is 4. The Morgan fingerprint density at radius 3 is 2.17 bits per heavy atom. The number of methoxy groups -OCH3 is 1. The summed E-state index contributed by atoms with van der Waals surface area (Å²) in [4.78, 5) is 2.37. The number of hydrogen-bond donors (Lipinski definition) is 0. The SMILES string of the molecule is COc1ccc(/C(C)=N/N2CCN(c3ccc(Cl)cc3)CC2)cc1. The summed E-state index contributed by atoms with van der Waals surface area (Å²) >= 11 is 5.96. The van der Waals surface area contributed by atoms with Gasteiger partial charge in [0.1, 0.15) is 5.75 Å². The van der Waals surface area contributed by atoms with E-state index in [4.69, 9.17) is 21.4 Å². The predicted octanol–water partition coefficient (Wildman–Crippen LogP) is 3.89. The van der Waals surface area contributed by atoms with E-state index in [1.807, 2.05) is 43.3 Å². The summed E-state index contributed by atoms with van der Waals surface area (Å²) in [5, 5.41) is 7.69. The summed E-state index contributed by atoms with van der Waals surface area (Å²) < 4.78 is 5.20. The number of anilines is 1. The van der Waals surface area contributed by atoms with Crippen LogP contribution < -0.4 is 9.64 Å². The Kier molecular flexibility index (Phi) is 5.26. The van der Waals surface area contributed by atoms with Gasteiger partial charge in [0.15, 0.2) is 0 Å². The van der Waals surface area contributed by atoms with E-state index in [2.05, 4.69) is 22.0 Å². The van der Waals surface area contributed by atoms with Crippen LogP contribution in [0, 0.1) is 0 Å². The Bertz CT molecular complexity index is 690. The van der Waals surface area contributed by atoms with Gasteiger partial charge in [0.05, 0.1) is 25.9 Å². The molecule has 1 aliphatic rings. The first-order chi connectivity index (χ1) is 11.7. The first kappa shape index (κ1) is 16.7. The number of ether oxygens (including phenoxy) is 1. The highest BCUT2D eigenvalue weighted by atomic mass is 35.5. The van der Waals surface area contributed by atoms with Crippen molar-refractivity contribution < 1.29 is 4.74 Å². The Labute approximate surface area is 148 Å². The number of nitrogens with zero attached hydrogens (tertiary/aromatic N) is 3. The largest absolute Gasteiger partial charge is 0.497 e. The molecule has 0 aromatic heterocycles. The summed E-state index contributed by atoms with van der Waals surface area (Å²) in [5.41, 5.74) is 3.36. The normalized spacial score (nSPS) is 15.5. The molecular weight excluding hydrogens is 322 g/mol. The molecule has 0 bridgehead atoms. The van der Waals surface area contributed by atoms with Crippen LogP contribution in [0.15, 0.2) is 53.6 Å². The standard InChI is InChI=1S/C19H22ClN3O/c1-15(16-3-9-19(24-2)10-4-16)21-23-13-11-22(12-14-23)18-7-5-17(20)6-8-18/h3-10H,11-14H2,1-2H3/b21-15+. The minimum atomic E-state index is 0.775. The van der Waals surface area contributed by atoms with Gasteiger partial charge in [0.25, 0.3) is 0 Å². The van der Waals surface area contributed by atoms with Gasteiger partial charge >= 0.3 is 0 Å². The van der Waals surface area contributed by atoms with Crippen molar-refractivity contribution in [2.75, 3.05) is 38.2 Å².